The zero-order chi connectivity index (χ0) is 18.4. The van der Waals surface area contributed by atoms with Crippen LogP contribution in [-0.4, -0.2) is 4.98 Å². The molecule has 3 N–H and O–H groups in total. The normalized spacial score (nSPS) is 13.0. The van der Waals surface area contributed by atoms with E-state index in [0.29, 0.717) is 5.92 Å². The summed E-state index contributed by atoms with van der Waals surface area (Å²) in [6.45, 7) is 6.40. The van der Waals surface area contributed by atoms with Gasteiger partial charge in [-0.3, -0.25) is 4.79 Å². The minimum atomic E-state index is -0.0157. The average Bonchev–Trinajstić information content (AvgIpc) is 3.11. The third-order valence-electron chi connectivity index (χ3n) is 4.97. The van der Waals surface area contributed by atoms with E-state index in [2.05, 4.69) is 55.2 Å². The summed E-state index contributed by atoms with van der Waals surface area (Å²) in [6.07, 6.45) is 0. The number of nitrogens with two attached hydrogens (primary N) is 1. The highest BCUT2D eigenvalue weighted by molar-refractivity contribution is 7.17. The van der Waals surface area contributed by atoms with Gasteiger partial charge < -0.3 is 10.7 Å². The van der Waals surface area contributed by atoms with Gasteiger partial charge in [0.2, 0.25) is 0 Å². The Bertz CT molecular complexity index is 1150. The summed E-state index contributed by atoms with van der Waals surface area (Å²) in [6, 6.07) is 14.7. The lowest BCUT2D eigenvalue weighted by atomic mass is 9.88. The van der Waals surface area contributed by atoms with E-state index in [9.17, 15) is 4.79 Å². The molecule has 0 saturated heterocycles. The molecule has 2 heterocycles. The fourth-order valence-electron chi connectivity index (χ4n) is 3.61. The van der Waals surface area contributed by atoms with Gasteiger partial charge in [-0.25, -0.2) is 0 Å². The monoisotopic (exact) mass is 362 g/mol. The largest absolute Gasteiger partial charge is 0.324 e. The molecule has 132 valence electrons. The molecule has 1 atom stereocenters. The maximum absolute atomic E-state index is 12.4. The molecule has 4 rings (SSSR count). The van der Waals surface area contributed by atoms with Crippen molar-refractivity contribution >= 4 is 32.3 Å². The van der Waals surface area contributed by atoms with Crippen LogP contribution in [0.2, 0.25) is 0 Å². The van der Waals surface area contributed by atoms with E-state index in [1.807, 2.05) is 18.4 Å². The van der Waals surface area contributed by atoms with Crippen LogP contribution in [0, 0.1) is 0 Å². The molecule has 3 nitrogen and oxygen atoms in total. The van der Waals surface area contributed by atoms with Gasteiger partial charge in [0.1, 0.15) is 4.70 Å². The number of H-pyrrole nitrogens is 1. The Morgan fingerprint density at radius 2 is 1.73 bits per heavy atom. The number of thiophene rings is 1. The summed E-state index contributed by atoms with van der Waals surface area (Å²) in [5.41, 5.74) is 11.6. The molecule has 0 spiro atoms. The number of pyridine rings is 1. The summed E-state index contributed by atoms with van der Waals surface area (Å²) in [5, 5.41) is 4.15. The molecule has 26 heavy (non-hydrogen) atoms. The number of hydrogen-bond acceptors (Lipinski definition) is 3. The van der Waals surface area contributed by atoms with Crippen molar-refractivity contribution in [2.75, 3.05) is 0 Å². The van der Waals surface area contributed by atoms with Crippen LogP contribution < -0.4 is 11.3 Å². The highest BCUT2D eigenvalue weighted by Gasteiger charge is 2.17. The van der Waals surface area contributed by atoms with Crippen LogP contribution in [0.15, 0.2) is 52.6 Å². The summed E-state index contributed by atoms with van der Waals surface area (Å²) >= 11 is 1.49. The first-order valence-electron chi connectivity index (χ1n) is 8.89. The van der Waals surface area contributed by atoms with Crippen molar-refractivity contribution in [2.45, 2.75) is 32.7 Å². The summed E-state index contributed by atoms with van der Waals surface area (Å²) in [7, 11) is 0. The smallest absolute Gasteiger partial charge is 0.266 e. The number of rotatable bonds is 3. The second-order valence-electron chi connectivity index (χ2n) is 7.14. The maximum Gasteiger partial charge on any atom is 0.266 e. The quantitative estimate of drug-likeness (QED) is 0.502. The van der Waals surface area contributed by atoms with Gasteiger partial charge in [-0.1, -0.05) is 44.2 Å². The van der Waals surface area contributed by atoms with Crippen molar-refractivity contribution in [3.63, 3.8) is 0 Å². The Labute approximate surface area is 156 Å². The highest BCUT2D eigenvalue weighted by atomic mass is 32.1. The van der Waals surface area contributed by atoms with Gasteiger partial charge in [-0.15, -0.1) is 11.3 Å². The van der Waals surface area contributed by atoms with E-state index in [1.54, 1.807) is 0 Å². The number of hydrogen-bond donors (Lipinski definition) is 2. The van der Waals surface area contributed by atoms with Crippen LogP contribution in [0.25, 0.3) is 32.1 Å². The van der Waals surface area contributed by atoms with Crippen molar-refractivity contribution in [1.29, 1.82) is 0 Å². The first-order valence-corrected chi connectivity index (χ1v) is 9.77. The van der Waals surface area contributed by atoms with Crippen molar-refractivity contribution in [3.8, 4) is 11.1 Å². The van der Waals surface area contributed by atoms with E-state index in [0.717, 1.165) is 32.1 Å². The topological polar surface area (TPSA) is 58.9 Å². The van der Waals surface area contributed by atoms with Crippen LogP contribution in [0.5, 0.6) is 0 Å². The summed E-state index contributed by atoms with van der Waals surface area (Å²) in [5.74, 6) is 0.378. The summed E-state index contributed by atoms with van der Waals surface area (Å²) in [4.78, 5) is 15.4. The molecule has 0 aliphatic carbocycles. The predicted molar refractivity (Wildman–Crippen MR) is 112 cm³/mol. The van der Waals surface area contributed by atoms with Crippen molar-refractivity contribution in [2.24, 2.45) is 5.73 Å². The SMILES string of the molecule is CC(C)c1ccc2[nH]c(=O)c3sccc3c2c1-c1ccc(C(C)N)cc1. The predicted octanol–water partition coefficient (Wildman–Crippen LogP) is 5.55. The molecule has 1 unspecified atom stereocenters. The van der Waals surface area contributed by atoms with Crippen LogP contribution in [0.3, 0.4) is 0 Å². The van der Waals surface area contributed by atoms with E-state index < -0.39 is 0 Å². The minimum Gasteiger partial charge on any atom is -0.324 e. The lowest BCUT2D eigenvalue weighted by Crippen LogP contribution is -2.06. The molecule has 4 heteroatoms. The second-order valence-corrected chi connectivity index (χ2v) is 8.05. The second kappa shape index (κ2) is 6.38. The van der Waals surface area contributed by atoms with Gasteiger partial charge in [0, 0.05) is 22.3 Å². The molecule has 0 saturated carbocycles. The van der Waals surface area contributed by atoms with Gasteiger partial charge in [0.25, 0.3) is 5.56 Å². The number of aromatic amines is 1. The van der Waals surface area contributed by atoms with Gasteiger partial charge in [-0.2, -0.15) is 0 Å². The molecule has 4 aromatic rings. The highest BCUT2D eigenvalue weighted by Crippen LogP contribution is 2.39. The average molecular weight is 362 g/mol. The molecular weight excluding hydrogens is 340 g/mol. The van der Waals surface area contributed by atoms with E-state index >= 15 is 0 Å². The fourth-order valence-corrected chi connectivity index (χ4v) is 4.40. The Balaban J connectivity index is 2.12. The number of benzene rings is 2. The molecule has 0 fully saturated rings. The Morgan fingerprint density at radius 1 is 1.00 bits per heavy atom. The Kier molecular flexibility index (Phi) is 4.17. The maximum atomic E-state index is 12.4. The van der Waals surface area contributed by atoms with Crippen LogP contribution in [-0.2, 0) is 0 Å². The van der Waals surface area contributed by atoms with Crippen molar-refractivity contribution < 1.29 is 0 Å². The molecule has 2 aromatic heterocycles. The number of aromatic nitrogens is 1. The first-order chi connectivity index (χ1) is 12.5. The van der Waals surface area contributed by atoms with E-state index in [-0.39, 0.29) is 11.6 Å². The summed E-state index contributed by atoms with van der Waals surface area (Å²) < 4.78 is 0.784. The van der Waals surface area contributed by atoms with Crippen molar-refractivity contribution in [1.82, 2.24) is 4.98 Å². The third-order valence-corrected chi connectivity index (χ3v) is 5.89. The first kappa shape index (κ1) is 17.0. The molecule has 0 amide bonds. The minimum absolute atomic E-state index is 0.0149. The Morgan fingerprint density at radius 3 is 2.38 bits per heavy atom. The zero-order valence-electron chi connectivity index (χ0n) is 15.2. The van der Waals surface area contributed by atoms with Gasteiger partial charge in [-0.05, 0) is 52.6 Å². The zero-order valence-corrected chi connectivity index (χ0v) is 16.0. The fraction of sp³-hybridized carbons (Fsp3) is 0.227. The standard InChI is InChI=1S/C22H22N2OS/c1-12(2)16-8-9-18-20(17-10-11-26-21(17)22(25)24-18)19(16)15-6-4-14(5-7-15)13(3)23/h4-13H,23H2,1-3H3,(H,24,25). The molecule has 2 aromatic carbocycles. The van der Waals surface area contributed by atoms with Gasteiger partial charge in [0.15, 0.2) is 0 Å². The molecule has 0 radical (unpaired) electrons. The number of nitrogens with one attached hydrogen (secondary N) is 1. The third kappa shape index (κ3) is 2.66. The van der Waals surface area contributed by atoms with E-state index in [1.165, 1.54) is 22.5 Å². The van der Waals surface area contributed by atoms with Crippen LogP contribution >= 0.6 is 11.3 Å². The van der Waals surface area contributed by atoms with Crippen LogP contribution in [0.1, 0.15) is 43.9 Å². The van der Waals surface area contributed by atoms with Gasteiger partial charge in [0.05, 0.1) is 0 Å². The molecule has 0 bridgehead atoms. The molecule has 0 aliphatic heterocycles. The number of fused-ring (bicyclic) bond motifs is 3. The lowest BCUT2D eigenvalue weighted by Gasteiger charge is -2.17. The lowest BCUT2D eigenvalue weighted by molar-refractivity contribution is 0.818. The van der Waals surface area contributed by atoms with Gasteiger partial charge >= 0.3 is 0 Å². The molecular formula is C22H22N2OS. The Hall–Kier alpha value is -2.43. The molecule has 0 aliphatic rings. The van der Waals surface area contributed by atoms with E-state index in [4.69, 9.17) is 5.73 Å². The van der Waals surface area contributed by atoms with Crippen LogP contribution in [0.4, 0.5) is 0 Å². The van der Waals surface area contributed by atoms with Crippen molar-refractivity contribution in [3.05, 3.63) is 69.3 Å².